The second-order valence-electron chi connectivity index (χ2n) is 9.12. The molecule has 0 bridgehead atoms. The normalized spacial score (nSPS) is 46.8. The molecule has 0 unspecified atom stereocenters. The van der Waals surface area contributed by atoms with Crippen molar-refractivity contribution >= 4 is 11.6 Å². The highest BCUT2D eigenvalue weighted by Gasteiger charge is 2.66. The fourth-order valence-electron chi connectivity index (χ4n) is 6.58. The fourth-order valence-corrected chi connectivity index (χ4v) is 6.58. The molecule has 0 aromatic heterocycles. The Morgan fingerprint density at radius 1 is 1.35 bits per heavy atom. The molecule has 4 heteroatoms. The van der Waals surface area contributed by atoms with Gasteiger partial charge in [0.2, 0.25) is 0 Å². The first-order valence-corrected chi connectivity index (χ1v) is 9.70. The van der Waals surface area contributed by atoms with E-state index in [0.29, 0.717) is 12.3 Å². The molecule has 4 aliphatic carbocycles. The van der Waals surface area contributed by atoms with Crippen LogP contribution in [0.25, 0.3) is 0 Å². The number of carbonyl (C=O) groups excluding carboxylic acids is 2. The predicted molar refractivity (Wildman–Crippen MR) is 98.2 cm³/mol. The summed E-state index contributed by atoms with van der Waals surface area (Å²) >= 11 is 0. The Kier molecular flexibility index (Phi) is 3.78. The van der Waals surface area contributed by atoms with Crippen LogP contribution in [-0.4, -0.2) is 34.0 Å². The van der Waals surface area contributed by atoms with Crippen molar-refractivity contribution in [2.75, 3.05) is 6.61 Å². The maximum atomic E-state index is 12.5. The molecule has 140 valence electrons. The summed E-state index contributed by atoms with van der Waals surface area (Å²) in [4.78, 5) is 24.3. The molecule has 2 saturated carbocycles. The molecular weight excluding hydrogens is 328 g/mol. The third kappa shape index (κ3) is 1.97. The van der Waals surface area contributed by atoms with Gasteiger partial charge in [-0.3, -0.25) is 9.59 Å². The molecule has 2 fully saturated rings. The van der Waals surface area contributed by atoms with Crippen LogP contribution in [0, 0.1) is 28.6 Å². The van der Waals surface area contributed by atoms with Crippen LogP contribution in [0.1, 0.15) is 46.5 Å². The third-order valence-electron chi connectivity index (χ3n) is 8.10. The van der Waals surface area contributed by atoms with Crippen molar-refractivity contribution in [3.8, 4) is 0 Å². The minimum Gasteiger partial charge on any atom is -0.388 e. The maximum Gasteiger partial charge on any atom is 0.190 e. The first-order chi connectivity index (χ1) is 12.2. The zero-order valence-electron chi connectivity index (χ0n) is 15.8. The molecule has 0 aromatic rings. The highest BCUT2D eigenvalue weighted by Crippen LogP contribution is 2.66. The third-order valence-corrected chi connectivity index (χ3v) is 8.10. The number of aliphatic hydroxyl groups is 2. The summed E-state index contributed by atoms with van der Waals surface area (Å²) < 4.78 is 0. The van der Waals surface area contributed by atoms with Crippen LogP contribution in [0.2, 0.25) is 0 Å². The molecule has 26 heavy (non-hydrogen) atoms. The van der Waals surface area contributed by atoms with E-state index in [2.05, 4.69) is 13.0 Å². The van der Waals surface area contributed by atoms with Crippen LogP contribution < -0.4 is 0 Å². The van der Waals surface area contributed by atoms with Crippen LogP contribution in [0.5, 0.6) is 0 Å². The highest BCUT2D eigenvalue weighted by molar-refractivity contribution is 6.01. The molecule has 2 N–H and O–H groups in total. The van der Waals surface area contributed by atoms with Crippen molar-refractivity contribution in [3.05, 3.63) is 35.5 Å². The van der Waals surface area contributed by atoms with Crippen LogP contribution >= 0.6 is 0 Å². The molecule has 0 aliphatic heterocycles. The lowest BCUT2D eigenvalue weighted by molar-refractivity contribution is -0.161. The van der Waals surface area contributed by atoms with Crippen molar-refractivity contribution in [1.82, 2.24) is 0 Å². The number of carbonyl (C=O) groups is 2. The van der Waals surface area contributed by atoms with Gasteiger partial charge in [0.25, 0.3) is 0 Å². The number of allylic oxidation sites excluding steroid dienone is 6. The SMILES string of the molecule is C[C@H]1C[C@@H]2[C@@H]3CCC4=CC(=O)C=C[C@@]4(C)C3=CC[C@@]2(C)[C@@]1(O)C(=O)CO. The van der Waals surface area contributed by atoms with Crippen molar-refractivity contribution in [3.63, 3.8) is 0 Å². The number of fused-ring (bicyclic) bond motifs is 5. The summed E-state index contributed by atoms with van der Waals surface area (Å²) in [6.45, 7) is 5.54. The van der Waals surface area contributed by atoms with Gasteiger partial charge >= 0.3 is 0 Å². The zero-order chi connectivity index (χ0) is 18.9. The van der Waals surface area contributed by atoms with Gasteiger partial charge in [0.1, 0.15) is 12.2 Å². The second kappa shape index (κ2) is 5.49. The van der Waals surface area contributed by atoms with Crippen molar-refractivity contribution in [2.45, 2.75) is 52.1 Å². The average Bonchev–Trinajstić information content (AvgIpc) is 2.83. The maximum absolute atomic E-state index is 12.5. The molecule has 0 heterocycles. The number of aliphatic hydroxyl groups excluding tert-OH is 1. The summed E-state index contributed by atoms with van der Waals surface area (Å²) in [5, 5.41) is 20.9. The van der Waals surface area contributed by atoms with Gasteiger partial charge in [-0.05, 0) is 62.5 Å². The molecule has 0 radical (unpaired) electrons. The van der Waals surface area contributed by atoms with Gasteiger partial charge in [-0.1, -0.05) is 37.1 Å². The second-order valence-corrected chi connectivity index (χ2v) is 9.12. The lowest BCUT2D eigenvalue weighted by atomic mass is 9.51. The van der Waals surface area contributed by atoms with E-state index in [-0.39, 0.29) is 23.0 Å². The van der Waals surface area contributed by atoms with E-state index in [1.54, 1.807) is 12.2 Å². The number of hydrogen-bond donors (Lipinski definition) is 2. The van der Waals surface area contributed by atoms with E-state index in [1.165, 1.54) is 11.1 Å². The van der Waals surface area contributed by atoms with Gasteiger partial charge in [0.15, 0.2) is 11.6 Å². The van der Waals surface area contributed by atoms with E-state index >= 15 is 0 Å². The predicted octanol–water partition coefficient (Wildman–Crippen LogP) is 2.75. The quantitative estimate of drug-likeness (QED) is 0.746. The molecule has 4 aliphatic rings. The number of ketones is 2. The van der Waals surface area contributed by atoms with Gasteiger partial charge in [-0.2, -0.15) is 0 Å². The van der Waals surface area contributed by atoms with E-state index in [0.717, 1.165) is 19.3 Å². The Bertz CT molecular complexity index is 775. The van der Waals surface area contributed by atoms with Crippen LogP contribution in [0.15, 0.2) is 35.5 Å². The smallest absolute Gasteiger partial charge is 0.190 e. The Labute approximate surface area is 154 Å². The van der Waals surface area contributed by atoms with Crippen LogP contribution in [0.4, 0.5) is 0 Å². The molecule has 0 spiro atoms. The highest BCUT2D eigenvalue weighted by atomic mass is 16.3. The molecule has 6 atom stereocenters. The van der Waals surface area contributed by atoms with E-state index in [1.807, 2.05) is 19.9 Å². The molecule has 0 amide bonds. The van der Waals surface area contributed by atoms with Crippen molar-refractivity contribution in [1.29, 1.82) is 0 Å². The van der Waals surface area contributed by atoms with Gasteiger partial charge in [0.05, 0.1) is 0 Å². The fraction of sp³-hybridized carbons (Fsp3) is 0.636. The number of rotatable bonds is 2. The lowest BCUT2D eigenvalue weighted by Gasteiger charge is -2.53. The lowest BCUT2D eigenvalue weighted by Crippen LogP contribution is -2.57. The molecule has 4 nitrogen and oxygen atoms in total. The van der Waals surface area contributed by atoms with Gasteiger partial charge in [0, 0.05) is 10.8 Å². The summed E-state index contributed by atoms with van der Waals surface area (Å²) in [6, 6.07) is 0. The van der Waals surface area contributed by atoms with Gasteiger partial charge in [-0.15, -0.1) is 0 Å². The molecule has 0 aromatic carbocycles. The summed E-state index contributed by atoms with van der Waals surface area (Å²) in [7, 11) is 0. The minimum atomic E-state index is -1.47. The van der Waals surface area contributed by atoms with Gasteiger partial charge in [-0.25, -0.2) is 0 Å². The molecule has 0 saturated heterocycles. The van der Waals surface area contributed by atoms with Crippen molar-refractivity contribution in [2.24, 2.45) is 28.6 Å². The Morgan fingerprint density at radius 2 is 2.08 bits per heavy atom. The number of Topliss-reactive ketones (excluding diaryl/α,β-unsaturated/α-hetero) is 1. The summed E-state index contributed by atoms with van der Waals surface area (Å²) in [6.07, 6.45) is 10.9. The topological polar surface area (TPSA) is 74.6 Å². The standard InChI is InChI=1S/C22H28O4/c1-13-10-18-16-5-4-14-11-15(24)6-8-20(14,2)17(16)7-9-21(18,3)22(13,26)19(25)12-23/h6-8,11,13,16,18,23,26H,4-5,9-10,12H2,1-3H3/t13-,16+,18+,20+,21+,22-/m0/s1. The van der Waals surface area contributed by atoms with Crippen LogP contribution in [0.3, 0.4) is 0 Å². The van der Waals surface area contributed by atoms with Gasteiger partial charge < -0.3 is 10.2 Å². The zero-order valence-corrected chi connectivity index (χ0v) is 15.8. The first-order valence-electron chi connectivity index (χ1n) is 9.70. The van der Waals surface area contributed by atoms with E-state index < -0.39 is 23.4 Å². The average molecular weight is 356 g/mol. The van der Waals surface area contributed by atoms with E-state index in [9.17, 15) is 19.8 Å². The largest absolute Gasteiger partial charge is 0.388 e. The Hall–Kier alpha value is -1.52. The minimum absolute atomic E-state index is 0.0644. The van der Waals surface area contributed by atoms with Crippen LogP contribution in [-0.2, 0) is 9.59 Å². The monoisotopic (exact) mass is 356 g/mol. The van der Waals surface area contributed by atoms with E-state index in [4.69, 9.17) is 0 Å². The molecular formula is C22H28O4. The Balaban J connectivity index is 1.79. The molecule has 4 rings (SSSR count). The van der Waals surface area contributed by atoms with Crippen molar-refractivity contribution < 1.29 is 19.8 Å². The summed E-state index contributed by atoms with van der Waals surface area (Å²) in [5.41, 5.74) is 0.289. The summed E-state index contributed by atoms with van der Waals surface area (Å²) in [5.74, 6) is -0.0376. The Morgan fingerprint density at radius 3 is 2.77 bits per heavy atom. The number of hydrogen-bond acceptors (Lipinski definition) is 4. The first kappa shape index (κ1) is 17.9.